The van der Waals surface area contributed by atoms with Gasteiger partial charge in [0.05, 0.1) is 0 Å². The smallest absolute Gasteiger partial charge is 0.217 e. The normalized spacial score (nSPS) is 18.1. The predicted octanol–water partition coefficient (Wildman–Crippen LogP) is 1.15. The Labute approximate surface area is 129 Å². The standard InChI is InChI=1S/C16H23FN2O3/c17-13-1-3-15(4-2-13)22-11-14(20)10-19-7-5-12(6-8-19)9-16(18)21/h1-4,12,14,20H,5-11H2,(H2,18,21)/t14-/m0/s1. The zero-order valence-electron chi connectivity index (χ0n) is 12.6. The number of amides is 1. The number of aliphatic hydroxyl groups is 1. The number of primary amides is 1. The fourth-order valence-corrected chi connectivity index (χ4v) is 2.73. The maximum Gasteiger partial charge on any atom is 0.217 e. The molecule has 0 aliphatic carbocycles. The van der Waals surface area contributed by atoms with Crippen molar-refractivity contribution in [1.29, 1.82) is 0 Å². The van der Waals surface area contributed by atoms with Gasteiger partial charge in [-0.3, -0.25) is 4.79 Å². The number of rotatable bonds is 7. The van der Waals surface area contributed by atoms with Gasteiger partial charge < -0.3 is 20.5 Å². The van der Waals surface area contributed by atoms with Gasteiger partial charge in [-0.05, 0) is 56.1 Å². The van der Waals surface area contributed by atoms with Crippen molar-refractivity contribution in [2.45, 2.75) is 25.4 Å². The number of halogens is 1. The summed E-state index contributed by atoms with van der Waals surface area (Å²) in [6, 6.07) is 5.73. The van der Waals surface area contributed by atoms with Gasteiger partial charge in [0.1, 0.15) is 24.3 Å². The van der Waals surface area contributed by atoms with Crippen molar-refractivity contribution in [3.63, 3.8) is 0 Å². The van der Waals surface area contributed by atoms with E-state index >= 15 is 0 Å². The zero-order chi connectivity index (χ0) is 15.9. The Bertz CT molecular complexity index is 473. The van der Waals surface area contributed by atoms with Crippen LogP contribution in [0.5, 0.6) is 5.75 Å². The maximum atomic E-state index is 12.8. The van der Waals surface area contributed by atoms with E-state index in [2.05, 4.69) is 4.90 Å². The predicted molar refractivity (Wildman–Crippen MR) is 80.9 cm³/mol. The first kappa shape index (κ1) is 16.7. The Morgan fingerprint density at radius 3 is 2.59 bits per heavy atom. The SMILES string of the molecule is NC(=O)CC1CCN(C[C@H](O)COc2ccc(F)cc2)CC1. The zero-order valence-corrected chi connectivity index (χ0v) is 12.6. The third-order valence-corrected chi connectivity index (χ3v) is 3.92. The van der Waals surface area contributed by atoms with Crippen molar-refractivity contribution in [3.05, 3.63) is 30.1 Å². The third-order valence-electron chi connectivity index (χ3n) is 3.92. The van der Waals surface area contributed by atoms with Crippen molar-refractivity contribution >= 4 is 5.91 Å². The summed E-state index contributed by atoms with van der Waals surface area (Å²) in [5, 5.41) is 10.0. The summed E-state index contributed by atoms with van der Waals surface area (Å²) in [5.74, 6) is 0.347. The van der Waals surface area contributed by atoms with Crippen molar-refractivity contribution < 1.29 is 19.0 Å². The number of carbonyl (C=O) groups excluding carboxylic acids is 1. The second-order valence-electron chi connectivity index (χ2n) is 5.83. The lowest BCUT2D eigenvalue weighted by molar-refractivity contribution is -0.119. The van der Waals surface area contributed by atoms with Gasteiger partial charge in [0, 0.05) is 13.0 Å². The number of hydrogen-bond acceptors (Lipinski definition) is 4. The number of ether oxygens (including phenoxy) is 1. The van der Waals surface area contributed by atoms with Crippen LogP contribution in [0, 0.1) is 11.7 Å². The minimum atomic E-state index is -0.599. The van der Waals surface area contributed by atoms with Gasteiger partial charge in [-0.2, -0.15) is 0 Å². The van der Waals surface area contributed by atoms with Crippen LogP contribution in [-0.4, -0.2) is 48.3 Å². The van der Waals surface area contributed by atoms with Gasteiger partial charge in [-0.1, -0.05) is 0 Å². The van der Waals surface area contributed by atoms with Crippen LogP contribution in [0.15, 0.2) is 24.3 Å². The topological polar surface area (TPSA) is 75.8 Å². The van der Waals surface area contributed by atoms with E-state index in [9.17, 15) is 14.3 Å². The van der Waals surface area contributed by atoms with E-state index in [1.54, 1.807) is 0 Å². The molecule has 0 bridgehead atoms. The van der Waals surface area contributed by atoms with Crippen LogP contribution in [0.25, 0.3) is 0 Å². The lowest BCUT2D eigenvalue weighted by Crippen LogP contribution is -2.41. The number of hydrogen-bond donors (Lipinski definition) is 2. The summed E-state index contributed by atoms with van der Waals surface area (Å²) in [6.45, 7) is 2.41. The number of carbonyl (C=O) groups is 1. The summed E-state index contributed by atoms with van der Waals surface area (Å²) in [6.07, 6.45) is 1.70. The molecule has 22 heavy (non-hydrogen) atoms. The molecule has 1 fully saturated rings. The first-order valence-corrected chi connectivity index (χ1v) is 7.60. The summed E-state index contributed by atoms with van der Waals surface area (Å²) in [5.41, 5.74) is 5.21. The molecule has 0 radical (unpaired) electrons. The summed E-state index contributed by atoms with van der Waals surface area (Å²) < 4.78 is 18.2. The molecule has 1 atom stereocenters. The quantitative estimate of drug-likeness (QED) is 0.792. The number of nitrogens with two attached hydrogens (primary N) is 1. The highest BCUT2D eigenvalue weighted by Gasteiger charge is 2.22. The van der Waals surface area contributed by atoms with Crippen LogP contribution in [0.4, 0.5) is 4.39 Å². The van der Waals surface area contributed by atoms with Gasteiger partial charge in [0.2, 0.25) is 5.91 Å². The van der Waals surface area contributed by atoms with E-state index in [0.717, 1.165) is 25.9 Å². The summed E-state index contributed by atoms with van der Waals surface area (Å²) in [4.78, 5) is 13.1. The van der Waals surface area contributed by atoms with Crippen molar-refractivity contribution in [2.24, 2.45) is 11.7 Å². The molecule has 1 amide bonds. The highest BCUT2D eigenvalue weighted by molar-refractivity contribution is 5.73. The molecule has 1 aromatic carbocycles. The Kier molecular flexibility index (Phi) is 6.15. The van der Waals surface area contributed by atoms with Crippen LogP contribution in [0.1, 0.15) is 19.3 Å². The molecule has 1 heterocycles. The third kappa shape index (κ3) is 5.61. The monoisotopic (exact) mass is 310 g/mol. The number of aliphatic hydroxyl groups excluding tert-OH is 1. The van der Waals surface area contributed by atoms with E-state index in [4.69, 9.17) is 10.5 Å². The molecular weight excluding hydrogens is 287 g/mol. The van der Waals surface area contributed by atoms with Gasteiger partial charge in [-0.25, -0.2) is 4.39 Å². The lowest BCUT2D eigenvalue weighted by Gasteiger charge is -2.32. The molecule has 2 rings (SSSR count). The summed E-state index contributed by atoms with van der Waals surface area (Å²) in [7, 11) is 0. The maximum absolute atomic E-state index is 12.8. The number of piperidine rings is 1. The van der Waals surface area contributed by atoms with Crippen molar-refractivity contribution in [1.82, 2.24) is 4.90 Å². The molecule has 6 heteroatoms. The van der Waals surface area contributed by atoms with E-state index < -0.39 is 6.10 Å². The number of β-amino-alcohol motifs (C(OH)–C–C–N with tert-alkyl or cyclic N) is 1. The first-order chi connectivity index (χ1) is 10.5. The molecule has 0 spiro atoms. The Balaban J connectivity index is 1.66. The van der Waals surface area contributed by atoms with Crippen LogP contribution in [0.2, 0.25) is 0 Å². The molecule has 122 valence electrons. The minimum absolute atomic E-state index is 0.173. The van der Waals surface area contributed by atoms with Crippen LogP contribution in [0.3, 0.4) is 0 Å². The molecule has 5 nitrogen and oxygen atoms in total. The molecule has 1 aromatic rings. The Morgan fingerprint density at radius 1 is 1.36 bits per heavy atom. The summed E-state index contributed by atoms with van der Waals surface area (Å²) >= 11 is 0. The second-order valence-corrected chi connectivity index (χ2v) is 5.83. The van der Waals surface area contributed by atoms with Crippen LogP contribution in [-0.2, 0) is 4.79 Å². The lowest BCUT2D eigenvalue weighted by atomic mass is 9.93. The van der Waals surface area contributed by atoms with E-state index in [-0.39, 0.29) is 18.3 Å². The largest absolute Gasteiger partial charge is 0.491 e. The van der Waals surface area contributed by atoms with Gasteiger partial charge >= 0.3 is 0 Å². The average Bonchev–Trinajstić information content (AvgIpc) is 2.48. The molecular formula is C16H23FN2O3. The molecule has 1 aliphatic rings. The fourth-order valence-electron chi connectivity index (χ4n) is 2.73. The molecule has 1 aliphatic heterocycles. The first-order valence-electron chi connectivity index (χ1n) is 7.60. The molecule has 0 aromatic heterocycles. The Morgan fingerprint density at radius 2 is 2.00 bits per heavy atom. The van der Waals surface area contributed by atoms with Crippen LogP contribution < -0.4 is 10.5 Å². The fraction of sp³-hybridized carbons (Fsp3) is 0.562. The number of nitrogens with zero attached hydrogens (tertiary/aromatic N) is 1. The van der Waals surface area contributed by atoms with Crippen LogP contribution >= 0.6 is 0 Å². The molecule has 0 saturated carbocycles. The van der Waals surface area contributed by atoms with E-state index in [1.165, 1.54) is 24.3 Å². The molecule has 0 unspecified atom stereocenters. The van der Waals surface area contributed by atoms with Crippen molar-refractivity contribution in [3.8, 4) is 5.75 Å². The van der Waals surface area contributed by atoms with Gasteiger partial charge in [0.25, 0.3) is 0 Å². The molecule has 3 N–H and O–H groups in total. The second kappa shape index (κ2) is 8.10. The molecule has 1 saturated heterocycles. The van der Waals surface area contributed by atoms with E-state index in [1.807, 2.05) is 0 Å². The Hall–Kier alpha value is -1.66. The number of likely N-dealkylation sites (tertiary alicyclic amines) is 1. The number of benzene rings is 1. The van der Waals surface area contributed by atoms with E-state index in [0.29, 0.717) is 24.6 Å². The van der Waals surface area contributed by atoms with Gasteiger partial charge in [-0.15, -0.1) is 0 Å². The average molecular weight is 310 g/mol. The highest BCUT2D eigenvalue weighted by atomic mass is 19.1. The minimum Gasteiger partial charge on any atom is -0.491 e. The van der Waals surface area contributed by atoms with Crippen molar-refractivity contribution in [2.75, 3.05) is 26.2 Å². The highest BCUT2D eigenvalue weighted by Crippen LogP contribution is 2.20. The van der Waals surface area contributed by atoms with Gasteiger partial charge in [0.15, 0.2) is 0 Å².